The van der Waals surface area contributed by atoms with E-state index in [2.05, 4.69) is 148 Å². The summed E-state index contributed by atoms with van der Waals surface area (Å²) < 4.78 is 10.7. The maximum atomic E-state index is 12.3. The number of allylic oxidation sites excluding steroid dienone is 22. The molecule has 72 heavy (non-hydrogen) atoms. The van der Waals surface area contributed by atoms with Gasteiger partial charge in [-0.1, -0.05) is 270 Å². The highest BCUT2D eigenvalue weighted by molar-refractivity contribution is 5.70. The van der Waals surface area contributed by atoms with Crippen molar-refractivity contribution in [1.82, 2.24) is 0 Å². The Morgan fingerprint density at radius 3 is 0.833 bits per heavy atom. The van der Waals surface area contributed by atoms with Gasteiger partial charge < -0.3 is 14.6 Å². The number of aliphatic hydroxyl groups is 1. The Morgan fingerprint density at radius 1 is 0.319 bits per heavy atom. The Bertz CT molecular complexity index is 1500. The molecule has 0 aromatic rings. The Kier molecular flexibility index (Phi) is 58.0. The monoisotopic (exact) mass is 995 g/mol. The van der Waals surface area contributed by atoms with Gasteiger partial charge in [0.15, 0.2) is 6.10 Å². The van der Waals surface area contributed by atoms with Gasteiger partial charge in [0.1, 0.15) is 6.61 Å². The zero-order valence-corrected chi connectivity index (χ0v) is 46.6. The SMILES string of the molecule is CC/C=C\C/C=C\C/C=C\C/C=C\C/C=C\C/C=C\C/C=C\CCCCCCCCCCCCCCCC(=O)OC(CO)COC(=O)CCCCCCCCCCCC/C=C\C/C=C\C/C=C\C/C=C\CC. The van der Waals surface area contributed by atoms with Crippen LogP contribution in [0.4, 0.5) is 0 Å². The molecule has 0 aliphatic carbocycles. The molecule has 1 unspecified atom stereocenters. The Labute approximate surface area is 445 Å². The molecule has 0 heterocycles. The quantitative estimate of drug-likeness (QED) is 0.0373. The minimum Gasteiger partial charge on any atom is -0.462 e. The predicted octanol–water partition coefficient (Wildman–Crippen LogP) is 20.4. The van der Waals surface area contributed by atoms with Gasteiger partial charge in [-0.25, -0.2) is 0 Å². The third-order valence-electron chi connectivity index (χ3n) is 12.4. The largest absolute Gasteiger partial charge is 0.462 e. The van der Waals surface area contributed by atoms with Gasteiger partial charge in [0.25, 0.3) is 0 Å². The molecule has 0 radical (unpaired) electrons. The minimum absolute atomic E-state index is 0.0745. The van der Waals surface area contributed by atoms with E-state index in [0.29, 0.717) is 12.8 Å². The van der Waals surface area contributed by atoms with Crippen LogP contribution in [0.1, 0.15) is 258 Å². The molecule has 0 aliphatic rings. The van der Waals surface area contributed by atoms with Crippen molar-refractivity contribution < 1.29 is 24.2 Å². The average Bonchev–Trinajstić information content (AvgIpc) is 3.38. The molecule has 0 rings (SSSR count). The van der Waals surface area contributed by atoms with Crippen LogP contribution in [-0.4, -0.2) is 36.4 Å². The number of carbonyl (C=O) groups excluding carboxylic acids is 2. The van der Waals surface area contributed by atoms with Crippen molar-refractivity contribution in [2.24, 2.45) is 0 Å². The topological polar surface area (TPSA) is 72.8 Å². The van der Waals surface area contributed by atoms with E-state index in [1.807, 2.05) is 0 Å². The van der Waals surface area contributed by atoms with Crippen molar-refractivity contribution in [2.45, 2.75) is 264 Å². The lowest BCUT2D eigenvalue weighted by Crippen LogP contribution is -2.28. The number of rotatable bonds is 53. The second-order valence-corrected chi connectivity index (χ2v) is 19.3. The molecule has 0 amide bonds. The molecule has 1 N–H and O–H groups in total. The summed E-state index contributed by atoms with van der Waals surface area (Å²) in [5, 5.41) is 9.67. The van der Waals surface area contributed by atoms with Crippen molar-refractivity contribution in [1.29, 1.82) is 0 Å². The van der Waals surface area contributed by atoms with E-state index in [4.69, 9.17) is 9.47 Å². The summed E-state index contributed by atoms with van der Waals surface area (Å²) in [4.78, 5) is 24.6. The lowest BCUT2D eigenvalue weighted by atomic mass is 10.0. The molecule has 0 aromatic heterocycles. The summed E-state index contributed by atoms with van der Waals surface area (Å²) in [5.74, 6) is -0.599. The molecular formula is C67H110O5. The molecule has 5 heteroatoms. The summed E-state index contributed by atoms with van der Waals surface area (Å²) in [6, 6.07) is 0. The van der Waals surface area contributed by atoms with Gasteiger partial charge in [-0.15, -0.1) is 0 Å². The number of aliphatic hydroxyl groups excluding tert-OH is 1. The molecule has 0 bridgehead atoms. The standard InChI is InChI=1S/C67H110O5/c1-3-5-7-9-11-13-15-17-19-21-23-25-27-28-29-30-31-32-33-34-35-36-37-38-40-42-44-46-48-50-52-54-56-58-60-62-67(70)72-65(63-68)64-71-66(69)61-59-57-55-53-51-49-47-45-43-41-39-26-24-22-20-18-16-14-12-10-8-6-4-2/h5-8,11-14,17-20,23-26,28-29,31-32,34-35,65,68H,3-4,9-10,15-16,21-22,27,30,33,36-64H2,1-2H3/b7-5-,8-6-,13-11-,14-12-,19-17-,20-18-,25-23-,26-24-,29-28-,32-31-,35-34-. The van der Waals surface area contributed by atoms with Gasteiger partial charge in [0.05, 0.1) is 6.61 Å². The fraction of sp³-hybridized carbons (Fsp3) is 0.642. The Morgan fingerprint density at radius 2 is 0.556 bits per heavy atom. The van der Waals surface area contributed by atoms with E-state index >= 15 is 0 Å². The van der Waals surface area contributed by atoms with Crippen LogP contribution < -0.4 is 0 Å². The summed E-state index contributed by atoms with van der Waals surface area (Å²) in [5.41, 5.74) is 0. The van der Waals surface area contributed by atoms with E-state index in [9.17, 15) is 14.7 Å². The minimum atomic E-state index is -0.784. The zero-order valence-electron chi connectivity index (χ0n) is 46.6. The normalized spacial score (nSPS) is 13.2. The van der Waals surface area contributed by atoms with Gasteiger partial charge in [0, 0.05) is 12.8 Å². The van der Waals surface area contributed by atoms with Crippen molar-refractivity contribution >= 4 is 11.9 Å². The first-order valence-corrected chi connectivity index (χ1v) is 29.7. The van der Waals surface area contributed by atoms with Crippen molar-refractivity contribution in [3.05, 3.63) is 134 Å². The van der Waals surface area contributed by atoms with Crippen LogP contribution in [0, 0.1) is 0 Å². The van der Waals surface area contributed by atoms with Crippen LogP contribution in [-0.2, 0) is 19.1 Å². The number of hydrogen-bond donors (Lipinski definition) is 1. The Balaban J connectivity index is 3.53. The van der Waals surface area contributed by atoms with Gasteiger partial charge in [0.2, 0.25) is 0 Å². The number of ether oxygens (including phenoxy) is 2. The molecule has 408 valence electrons. The average molecular weight is 996 g/mol. The van der Waals surface area contributed by atoms with Crippen molar-refractivity contribution in [3.8, 4) is 0 Å². The first-order valence-electron chi connectivity index (χ1n) is 29.7. The van der Waals surface area contributed by atoms with E-state index in [1.165, 1.54) is 122 Å². The maximum Gasteiger partial charge on any atom is 0.306 e. The first kappa shape index (κ1) is 68.0. The molecule has 0 saturated heterocycles. The molecular weight excluding hydrogens is 885 g/mol. The summed E-state index contributed by atoms with van der Waals surface area (Å²) in [6.07, 6.45) is 91.4. The second-order valence-electron chi connectivity index (χ2n) is 19.3. The highest BCUT2D eigenvalue weighted by Gasteiger charge is 2.16. The smallest absolute Gasteiger partial charge is 0.306 e. The number of hydrogen-bond acceptors (Lipinski definition) is 5. The third-order valence-corrected chi connectivity index (χ3v) is 12.4. The summed E-state index contributed by atoms with van der Waals surface area (Å²) in [7, 11) is 0. The van der Waals surface area contributed by atoms with Gasteiger partial charge in [-0.05, 0) is 109 Å². The zero-order chi connectivity index (χ0) is 52.0. The Hall–Kier alpha value is -3.96. The number of esters is 2. The third kappa shape index (κ3) is 58.6. The maximum absolute atomic E-state index is 12.3. The van der Waals surface area contributed by atoms with Crippen LogP contribution >= 0.6 is 0 Å². The van der Waals surface area contributed by atoms with Gasteiger partial charge >= 0.3 is 11.9 Å². The fourth-order valence-electron chi connectivity index (χ4n) is 8.06. The highest BCUT2D eigenvalue weighted by Crippen LogP contribution is 2.16. The molecule has 0 saturated carbocycles. The summed E-state index contributed by atoms with van der Waals surface area (Å²) >= 11 is 0. The second kappa shape index (κ2) is 61.3. The van der Waals surface area contributed by atoms with Crippen molar-refractivity contribution in [2.75, 3.05) is 13.2 Å². The molecule has 0 aliphatic heterocycles. The van der Waals surface area contributed by atoms with E-state index < -0.39 is 6.10 Å². The van der Waals surface area contributed by atoms with Gasteiger partial charge in [-0.3, -0.25) is 9.59 Å². The molecule has 5 nitrogen and oxygen atoms in total. The van der Waals surface area contributed by atoms with E-state index in [1.54, 1.807) is 0 Å². The number of unbranched alkanes of at least 4 members (excludes halogenated alkanes) is 23. The van der Waals surface area contributed by atoms with Crippen LogP contribution in [0.3, 0.4) is 0 Å². The van der Waals surface area contributed by atoms with Crippen LogP contribution in [0.25, 0.3) is 0 Å². The summed E-state index contributed by atoms with van der Waals surface area (Å²) in [6.45, 7) is 3.92. The van der Waals surface area contributed by atoms with Crippen LogP contribution in [0.2, 0.25) is 0 Å². The lowest BCUT2D eigenvalue weighted by molar-refractivity contribution is -0.161. The lowest BCUT2D eigenvalue weighted by Gasteiger charge is -2.15. The van der Waals surface area contributed by atoms with Crippen LogP contribution in [0.15, 0.2) is 134 Å². The van der Waals surface area contributed by atoms with E-state index in [0.717, 1.165) is 109 Å². The molecule has 1 atom stereocenters. The number of carbonyl (C=O) groups is 2. The highest BCUT2D eigenvalue weighted by atomic mass is 16.6. The van der Waals surface area contributed by atoms with E-state index in [-0.39, 0.29) is 25.2 Å². The predicted molar refractivity (Wildman–Crippen MR) is 315 cm³/mol. The van der Waals surface area contributed by atoms with Crippen molar-refractivity contribution in [3.63, 3.8) is 0 Å². The first-order chi connectivity index (χ1) is 35.6. The molecule has 0 spiro atoms. The molecule has 0 aromatic carbocycles. The van der Waals surface area contributed by atoms with Gasteiger partial charge in [-0.2, -0.15) is 0 Å². The fourth-order valence-corrected chi connectivity index (χ4v) is 8.06. The van der Waals surface area contributed by atoms with Crippen LogP contribution in [0.5, 0.6) is 0 Å². The molecule has 0 fully saturated rings.